The van der Waals surface area contributed by atoms with Crippen molar-refractivity contribution >= 4 is 24.4 Å². The molecule has 0 aliphatic heterocycles. The molecule has 1 N–H and O–H groups in total. The zero-order valence-corrected chi connectivity index (χ0v) is 12.1. The topological polar surface area (TPSA) is 54.4 Å². The van der Waals surface area contributed by atoms with E-state index >= 15 is 0 Å². The third-order valence-corrected chi connectivity index (χ3v) is 3.88. The van der Waals surface area contributed by atoms with Gasteiger partial charge in [0.25, 0.3) is 0 Å². The molecule has 3 nitrogen and oxygen atoms in total. The first-order valence-electron chi connectivity index (χ1n) is 5.98. The Morgan fingerprint density at radius 1 is 0.950 bits per heavy atom. The van der Waals surface area contributed by atoms with E-state index in [2.05, 4.69) is 6.58 Å². The first kappa shape index (κ1) is 15.8. The van der Waals surface area contributed by atoms with Gasteiger partial charge >= 0.3 is 13.8 Å². The van der Waals surface area contributed by atoms with Crippen LogP contribution in [0.1, 0.15) is 6.92 Å². The standard InChI is InChI=1S/C12H10OP.C4H6O2/c13-14(11-7-3-1-4-8-11)12-9-5-2-6-10-12;1-3(2)4(5)6/h1-10H;1H2,2H3,(H,5,6)/q+1;. The van der Waals surface area contributed by atoms with Crippen molar-refractivity contribution in [1.29, 1.82) is 0 Å². The van der Waals surface area contributed by atoms with Crippen molar-refractivity contribution in [3.63, 3.8) is 0 Å². The molecule has 0 aliphatic carbocycles. The van der Waals surface area contributed by atoms with Gasteiger partial charge in [-0.2, -0.15) is 0 Å². The number of rotatable bonds is 3. The fourth-order valence-electron chi connectivity index (χ4n) is 1.28. The molecule has 0 amide bonds. The van der Waals surface area contributed by atoms with Crippen LogP contribution in [-0.2, 0) is 9.36 Å². The molecule has 0 spiro atoms. The minimum atomic E-state index is -1.42. The molecule has 20 heavy (non-hydrogen) atoms. The molecule has 2 rings (SSSR count). The van der Waals surface area contributed by atoms with Gasteiger partial charge in [-0.05, 0) is 31.2 Å². The maximum absolute atomic E-state index is 12.0. The van der Waals surface area contributed by atoms with Gasteiger partial charge < -0.3 is 5.11 Å². The summed E-state index contributed by atoms with van der Waals surface area (Å²) in [7, 11) is -1.42. The first-order valence-corrected chi connectivity index (χ1v) is 7.24. The van der Waals surface area contributed by atoms with E-state index in [1.54, 1.807) is 0 Å². The van der Waals surface area contributed by atoms with Gasteiger partial charge in [0, 0.05) is 5.57 Å². The Bertz CT molecular complexity index is 538. The molecular weight excluding hydrogens is 271 g/mol. The van der Waals surface area contributed by atoms with Crippen LogP contribution in [-0.4, -0.2) is 11.1 Å². The molecule has 0 bridgehead atoms. The molecule has 0 saturated carbocycles. The molecule has 0 saturated heterocycles. The lowest BCUT2D eigenvalue weighted by Gasteiger charge is -1.87. The van der Waals surface area contributed by atoms with E-state index in [4.69, 9.17) is 5.11 Å². The van der Waals surface area contributed by atoms with E-state index in [0.717, 1.165) is 10.6 Å². The molecule has 2 aromatic rings. The fourth-order valence-corrected chi connectivity index (χ4v) is 2.46. The summed E-state index contributed by atoms with van der Waals surface area (Å²) in [4.78, 5) is 9.60. The van der Waals surface area contributed by atoms with E-state index < -0.39 is 13.8 Å². The van der Waals surface area contributed by atoms with E-state index in [1.165, 1.54) is 6.92 Å². The second kappa shape index (κ2) is 8.03. The summed E-state index contributed by atoms with van der Waals surface area (Å²) in [6.07, 6.45) is 0. The highest BCUT2D eigenvalue weighted by molar-refractivity contribution is 7.61. The fraction of sp³-hybridized carbons (Fsp3) is 0.0625. The molecule has 0 aromatic heterocycles. The zero-order valence-electron chi connectivity index (χ0n) is 11.2. The molecule has 0 aliphatic rings. The van der Waals surface area contributed by atoms with Crippen molar-refractivity contribution in [2.24, 2.45) is 0 Å². The van der Waals surface area contributed by atoms with Gasteiger partial charge in [0.05, 0.1) is 0 Å². The number of aliphatic carboxylic acids is 1. The number of benzene rings is 2. The number of carboxylic acid groups (broad SMARTS) is 1. The number of carboxylic acids is 1. The summed E-state index contributed by atoms with van der Waals surface area (Å²) in [5.41, 5.74) is 0.176. The predicted octanol–water partition coefficient (Wildman–Crippen LogP) is 3.11. The van der Waals surface area contributed by atoms with E-state index in [1.807, 2.05) is 60.7 Å². The summed E-state index contributed by atoms with van der Waals surface area (Å²) >= 11 is 0. The number of carbonyl (C=O) groups is 1. The molecule has 4 heteroatoms. The maximum atomic E-state index is 12.0. The van der Waals surface area contributed by atoms with Crippen molar-refractivity contribution in [3.8, 4) is 0 Å². The van der Waals surface area contributed by atoms with Gasteiger partial charge in [-0.3, -0.25) is 0 Å². The van der Waals surface area contributed by atoms with E-state index in [-0.39, 0.29) is 5.57 Å². The summed E-state index contributed by atoms with van der Waals surface area (Å²) in [6.45, 7) is 4.60. The van der Waals surface area contributed by atoms with Gasteiger partial charge in [-0.1, -0.05) is 47.5 Å². The van der Waals surface area contributed by atoms with Crippen LogP contribution in [0.15, 0.2) is 72.8 Å². The molecule has 0 fully saturated rings. The Morgan fingerprint density at radius 3 is 1.50 bits per heavy atom. The van der Waals surface area contributed by atoms with Crippen LogP contribution in [0, 0.1) is 0 Å². The molecule has 0 heterocycles. The van der Waals surface area contributed by atoms with Gasteiger partial charge in [0.1, 0.15) is 0 Å². The Kier molecular flexibility index (Phi) is 6.34. The van der Waals surface area contributed by atoms with Crippen LogP contribution >= 0.6 is 7.80 Å². The first-order chi connectivity index (χ1) is 9.52. The second-order valence-electron chi connectivity index (χ2n) is 4.05. The lowest BCUT2D eigenvalue weighted by molar-refractivity contribution is -0.132. The van der Waals surface area contributed by atoms with Crippen molar-refractivity contribution < 1.29 is 14.5 Å². The minimum Gasteiger partial charge on any atom is -0.478 e. The van der Waals surface area contributed by atoms with Crippen molar-refractivity contribution in [3.05, 3.63) is 72.8 Å². The second-order valence-corrected chi connectivity index (χ2v) is 5.67. The van der Waals surface area contributed by atoms with Crippen molar-refractivity contribution in [1.82, 2.24) is 0 Å². The average Bonchev–Trinajstić information content (AvgIpc) is 2.49. The summed E-state index contributed by atoms with van der Waals surface area (Å²) in [6, 6.07) is 19.1. The van der Waals surface area contributed by atoms with Crippen LogP contribution < -0.4 is 10.6 Å². The Hall–Kier alpha value is -2.25. The monoisotopic (exact) mass is 287 g/mol. The van der Waals surface area contributed by atoms with Gasteiger partial charge in [-0.15, -0.1) is 0 Å². The Balaban J connectivity index is 0.000000286. The van der Waals surface area contributed by atoms with Gasteiger partial charge in [0.15, 0.2) is 10.6 Å². The Morgan fingerprint density at radius 2 is 1.25 bits per heavy atom. The van der Waals surface area contributed by atoms with Crippen molar-refractivity contribution in [2.75, 3.05) is 0 Å². The van der Waals surface area contributed by atoms with Crippen LogP contribution in [0.2, 0.25) is 0 Å². The van der Waals surface area contributed by atoms with Crippen LogP contribution in [0.5, 0.6) is 0 Å². The smallest absolute Gasteiger partial charge is 0.415 e. The van der Waals surface area contributed by atoms with E-state index in [9.17, 15) is 9.36 Å². The van der Waals surface area contributed by atoms with Gasteiger partial charge in [0.2, 0.25) is 0 Å². The average molecular weight is 287 g/mol. The lowest BCUT2D eigenvalue weighted by atomic mass is 10.4. The molecule has 0 unspecified atom stereocenters. The number of hydrogen-bond donors (Lipinski definition) is 1. The van der Waals surface area contributed by atoms with E-state index in [0.29, 0.717) is 0 Å². The largest absolute Gasteiger partial charge is 0.478 e. The summed E-state index contributed by atoms with van der Waals surface area (Å²) < 4.78 is 12.0. The third kappa shape index (κ3) is 5.17. The molecule has 2 aromatic carbocycles. The molecule has 0 atom stereocenters. The Labute approximate surface area is 119 Å². The van der Waals surface area contributed by atoms with Crippen molar-refractivity contribution in [2.45, 2.75) is 6.92 Å². The minimum absolute atomic E-state index is 0.176. The van der Waals surface area contributed by atoms with Crippen LogP contribution in [0.3, 0.4) is 0 Å². The summed E-state index contributed by atoms with van der Waals surface area (Å²) in [5.74, 6) is -0.935. The maximum Gasteiger partial charge on any atom is 0.415 e. The predicted molar refractivity (Wildman–Crippen MR) is 82.2 cm³/mol. The number of hydrogen-bond acceptors (Lipinski definition) is 2. The zero-order chi connectivity index (χ0) is 15.0. The van der Waals surface area contributed by atoms with Gasteiger partial charge in [-0.25, -0.2) is 4.79 Å². The highest BCUT2D eigenvalue weighted by atomic mass is 31.1. The lowest BCUT2D eigenvalue weighted by Crippen LogP contribution is -2.04. The van der Waals surface area contributed by atoms with Crippen LogP contribution in [0.4, 0.5) is 0 Å². The molecular formula is C16H16O3P+. The quantitative estimate of drug-likeness (QED) is 0.697. The molecule has 102 valence electrons. The SMILES string of the molecule is C=C(C)C(=O)O.O=[P+](c1ccccc1)c1ccccc1. The third-order valence-electron chi connectivity index (χ3n) is 2.35. The van der Waals surface area contributed by atoms with Crippen LogP contribution in [0.25, 0.3) is 0 Å². The molecule has 0 radical (unpaired) electrons. The highest BCUT2D eigenvalue weighted by Crippen LogP contribution is 2.18. The highest BCUT2D eigenvalue weighted by Gasteiger charge is 2.21. The summed E-state index contributed by atoms with van der Waals surface area (Å²) in [5, 5.41) is 9.66. The normalized spacial score (nSPS) is 9.05.